The highest BCUT2D eigenvalue weighted by molar-refractivity contribution is 7.00. The van der Waals surface area contributed by atoms with Gasteiger partial charge in [-0.3, -0.25) is 0 Å². The van der Waals surface area contributed by atoms with E-state index in [-0.39, 0.29) is 17.5 Å². The molecule has 0 aromatic heterocycles. The third kappa shape index (κ3) is 6.88. The lowest BCUT2D eigenvalue weighted by Gasteiger charge is -2.46. The van der Waals surface area contributed by atoms with E-state index in [9.17, 15) is 0 Å². The first-order chi connectivity index (χ1) is 33.0. The molecule has 0 saturated carbocycles. The zero-order chi connectivity index (χ0) is 46.3. The van der Waals surface area contributed by atoms with Crippen LogP contribution in [0, 0.1) is 13.8 Å². The maximum absolute atomic E-state index is 2.64. The van der Waals surface area contributed by atoms with E-state index < -0.39 is 0 Å². The first kappa shape index (κ1) is 41.8. The minimum atomic E-state index is -0.0236. The van der Waals surface area contributed by atoms with Gasteiger partial charge in [-0.05, 0) is 171 Å². The van der Waals surface area contributed by atoms with Gasteiger partial charge in [-0.25, -0.2) is 0 Å². The number of para-hydroxylation sites is 2. The largest absolute Gasteiger partial charge is 0.311 e. The van der Waals surface area contributed by atoms with Crippen LogP contribution in [-0.4, -0.2) is 6.71 Å². The van der Waals surface area contributed by atoms with Crippen molar-refractivity contribution in [3.8, 4) is 22.3 Å². The molecule has 12 rings (SSSR count). The van der Waals surface area contributed by atoms with Gasteiger partial charge < -0.3 is 14.7 Å². The van der Waals surface area contributed by atoms with Crippen LogP contribution in [-0.2, 0) is 10.8 Å². The van der Waals surface area contributed by atoms with Crippen molar-refractivity contribution in [2.75, 3.05) is 14.7 Å². The Labute approximate surface area is 403 Å². The van der Waals surface area contributed by atoms with Crippen LogP contribution in [0.1, 0.15) is 62.8 Å². The van der Waals surface area contributed by atoms with Crippen molar-refractivity contribution in [1.29, 1.82) is 0 Å². The van der Waals surface area contributed by atoms with Crippen LogP contribution in [0.3, 0.4) is 0 Å². The number of benzene rings is 9. The molecule has 2 aliphatic heterocycles. The second kappa shape index (κ2) is 16.1. The molecule has 1 aliphatic carbocycles. The third-order valence-corrected chi connectivity index (χ3v) is 15.2. The molecule has 9 aromatic carbocycles. The number of fused-ring (bicyclic) bond motifs is 5. The van der Waals surface area contributed by atoms with E-state index in [1.54, 1.807) is 0 Å². The normalized spacial score (nSPS) is 14.9. The molecule has 0 bridgehead atoms. The van der Waals surface area contributed by atoms with Crippen molar-refractivity contribution in [3.63, 3.8) is 0 Å². The summed E-state index contributed by atoms with van der Waals surface area (Å²) in [5.74, 6) is 0. The summed E-state index contributed by atoms with van der Waals surface area (Å²) >= 11 is 0. The molecular formula is C64H56BN3. The zero-order valence-corrected chi connectivity index (χ0v) is 40.0. The smallest absolute Gasteiger partial charge is 0.252 e. The minimum absolute atomic E-state index is 0.0236. The number of hydrogen-bond acceptors (Lipinski definition) is 3. The Balaban J connectivity index is 1.16. The fourth-order valence-electron chi connectivity index (χ4n) is 11.6. The molecule has 0 spiro atoms. The van der Waals surface area contributed by atoms with Gasteiger partial charge in [0.1, 0.15) is 0 Å². The highest BCUT2D eigenvalue weighted by atomic mass is 15.2. The van der Waals surface area contributed by atoms with Gasteiger partial charge in [-0.15, -0.1) is 0 Å². The molecule has 9 aromatic rings. The molecule has 0 unspecified atom stereocenters. The zero-order valence-electron chi connectivity index (χ0n) is 40.0. The van der Waals surface area contributed by atoms with Gasteiger partial charge >= 0.3 is 0 Å². The van der Waals surface area contributed by atoms with E-state index in [0.717, 1.165) is 29.2 Å². The highest BCUT2D eigenvalue weighted by Crippen LogP contribution is 2.52. The van der Waals surface area contributed by atoms with Crippen LogP contribution in [0.25, 0.3) is 22.3 Å². The molecule has 0 atom stereocenters. The van der Waals surface area contributed by atoms with Crippen molar-refractivity contribution < 1.29 is 0 Å². The minimum Gasteiger partial charge on any atom is -0.311 e. The van der Waals surface area contributed by atoms with Crippen molar-refractivity contribution in [2.24, 2.45) is 0 Å². The molecule has 3 aliphatic rings. The Morgan fingerprint density at radius 2 is 0.897 bits per heavy atom. The fourth-order valence-corrected chi connectivity index (χ4v) is 11.6. The average molecular weight is 878 g/mol. The number of nitrogens with zero attached hydrogens (tertiary/aromatic N) is 3. The summed E-state index contributed by atoms with van der Waals surface area (Å²) in [4.78, 5) is 7.61. The van der Waals surface area contributed by atoms with Gasteiger partial charge in [0.2, 0.25) is 0 Å². The lowest BCUT2D eigenvalue weighted by Crippen LogP contribution is -2.61. The molecule has 2 heterocycles. The van der Waals surface area contributed by atoms with Gasteiger partial charge in [-0.2, -0.15) is 0 Å². The number of rotatable bonds is 7. The summed E-state index contributed by atoms with van der Waals surface area (Å²) in [5.41, 5.74) is 25.0. The van der Waals surface area contributed by atoms with Gasteiger partial charge in [-0.1, -0.05) is 161 Å². The maximum Gasteiger partial charge on any atom is 0.252 e. The molecule has 0 amide bonds. The summed E-state index contributed by atoms with van der Waals surface area (Å²) in [6, 6.07) is 76.9. The van der Waals surface area contributed by atoms with E-state index in [1.165, 1.54) is 95.8 Å². The predicted octanol–water partition coefficient (Wildman–Crippen LogP) is 15.5. The Morgan fingerprint density at radius 3 is 1.50 bits per heavy atom. The van der Waals surface area contributed by atoms with E-state index >= 15 is 0 Å². The molecule has 68 heavy (non-hydrogen) atoms. The maximum atomic E-state index is 2.64. The lowest BCUT2D eigenvalue weighted by atomic mass is 9.33. The Kier molecular flexibility index (Phi) is 9.88. The first-order valence-electron chi connectivity index (χ1n) is 24.3. The molecule has 4 heteroatoms. The molecule has 0 radical (unpaired) electrons. The Bertz CT molecular complexity index is 3340. The summed E-state index contributed by atoms with van der Waals surface area (Å²) < 4.78 is 0. The summed E-state index contributed by atoms with van der Waals surface area (Å²) in [7, 11) is 0. The SMILES string of the molecule is Cc1cc2c3c(c1)N(c1cc4c(cc1C)C(C)(C)CCC4(C)C)c1cc(N(c4ccccc4)c4ccccc4)ccc1B3c1ccc(-c3ccccc3)cc1N2c1cccc(-c2ccccc2)c1. The van der Waals surface area contributed by atoms with Crippen LogP contribution in [0.2, 0.25) is 0 Å². The van der Waals surface area contributed by atoms with Crippen molar-refractivity contribution >= 4 is 74.3 Å². The van der Waals surface area contributed by atoms with Gasteiger partial charge in [0.25, 0.3) is 6.71 Å². The first-order valence-corrected chi connectivity index (χ1v) is 24.3. The standard InChI is InChI=1S/C64H56BN3/c1-43-36-60-62-61(37-43)68(57-42-54-53(38-44(57)2)63(3,4)34-35-64(54,5)6)59-41-52(66(49-25-15-9-16-26-49)50-27-17-10-18-28-50)31-33-56(59)65(62)55-32-30-48(46-22-13-8-14-23-46)40-58(55)67(60)51-29-19-24-47(39-51)45-20-11-7-12-21-45/h7-33,36-42H,34-35H2,1-6H3. The average Bonchev–Trinajstić information content (AvgIpc) is 3.36. The quantitative estimate of drug-likeness (QED) is 0.148. The van der Waals surface area contributed by atoms with Crippen LogP contribution >= 0.6 is 0 Å². The van der Waals surface area contributed by atoms with Crippen molar-refractivity contribution in [3.05, 3.63) is 229 Å². The summed E-state index contributed by atoms with van der Waals surface area (Å²) in [6.45, 7) is 14.4. The monoisotopic (exact) mass is 877 g/mol. The Morgan fingerprint density at radius 1 is 0.397 bits per heavy atom. The fraction of sp³-hybridized carbons (Fsp3) is 0.156. The van der Waals surface area contributed by atoms with E-state index in [2.05, 4.69) is 262 Å². The Hall–Kier alpha value is -7.56. The number of aryl methyl sites for hydroxylation is 2. The van der Waals surface area contributed by atoms with Crippen LogP contribution < -0.4 is 31.1 Å². The van der Waals surface area contributed by atoms with Crippen LogP contribution in [0.4, 0.5) is 51.2 Å². The predicted molar refractivity (Wildman–Crippen MR) is 291 cm³/mol. The lowest BCUT2D eigenvalue weighted by molar-refractivity contribution is 0.332. The second-order valence-corrected chi connectivity index (χ2v) is 20.6. The number of anilines is 9. The third-order valence-electron chi connectivity index (χ3n) is 15.2. The molecule has 330 valence electrons. The van der Waals surface area contributed by atoms with Crippen LogP contribution in [0.5, 0.6) is 0 Å². The number of hydrogen-bond donors (Lipinski definition) is 0. The molecule has 0 saturated heterocycles. The highest BCUT2D eigenvalue weighted by Gasteiger charge is 2.45. The van der Waals surface area contributed by atoms with Gasteiger partial charge in [0, 0.05) is 51.2 Å². The summed E-state index contributed by atoms with van der Waals surface area (Å²) in [6.07, 6.45) is 2.33. The topological polar surface area (TPSA) is 9.72 Å². The van der Waals surface area contributed by atoms with Crippen molar-refractivity contribution in [1.82, 2.24) is 0 Å². The molecular weight excluding hydrogens is 822 g/mol. The second-order valence-electron chi connectivity index (χ2n) is 20.6. The molecule has 0 N–H and O–H groups in total. The van der Waals surface area contributed by atoms with Gasteiger partial charge in [0.05, 0.1) is 0 Å². The van der Waals surface area contributed by atoms with E-state index in [1.807, 2.05) is 0 Å². The van der Waals surface area contributed by atoms with E-state index in [4.69, 9.17) is 0 Å². The van der Waals surface area contributed by atoms with Crippen LogP contribution in [0.15, 0.2) is 206 Å². The van der Waals surface area contributed by atoms with Gasteiger partial charge in [0.15, 0.2) is 0 Å². The molecule has 3 nitrogen and oxygen atoms in total. The summed E-state index contributed by atoms with van der Waals surface area (Å²) in [5, 5.41) is 0. The van der Waals surface area contributed by atoms with Crippen molar-refractivity contribution in [2.45, 2.75) is 65.2 Å². The van der Waals surface area contributed by atoms with E-state index in [0.29, 0.717) is 0 Å². The molecule has 0 fully saturated rings.